The SMILES string of the molecule is CCNC(=NCc1cccc(COC)c1)NCc1ncc(C)s1.I. The van der Waals surface area contributed by atoms with Gasteiger partial charge in [-0.25, -0.2) is 9.98 Å². The predicted molar refractivity (Wildman–Crippen MR) is 111 cm³/mol. The van der Waals surface area contributed by atoms with Gasteiger partial charge in [-0.2, -0.15) is 0 Å². The Bertz CT molecular complexity index is 645. The summed E-state index contributed by atoms with van der Waals surface area (Å²) in [6.07, 6.45) is 1.90. The van der Waals surface area contributed by atoms with E-state index < -0.39 is 0 Å². The van der Waals surface area contributed by atoms with Crippen molar-refractivity contribution >= 4 is 41.3 Å². The summed E-state index contributed by atoms with van der Waals surface area (Å²) in [4.78, 5) is 10.2. The van der Waals surface area contributed by atoms with E-state index in [0.29, 0.717) is 19.7 Å². The van der Waals surface area contributed by atoms with Crippen LogP contribution in [0.2, 0.25) is 0 Å². The Hall–Kier alpha value is -1.19. The van der Waals surface area contributed by atoms with Crippen molar-refractivity contribution in [3.05, 3.63) is 51.5 Å². The molecule has 0 saturated heterocycles. The Kier molecular flexibility index (Phi) is 9.89. The summed E-state index contributed by atoms with van der Waals surface area (Å²) < 4.78 is 5.17. The summed E-state index contributed by atoms with van der Waals surface area (Å²) in [7, 11) is 1.71. The van der Waals surface area contributed by atoms with Gasteiger partial charge in [-0.3, -0.25) is 0 Å². The van der Waals surface area contributed by atoms with Crippen LogP contribution < -0.4 is 10.6 Å². The second-order valence-electron chi connectivity index (χ2n) is 5.17. The Morgan fingerprint density at radius 1 is 1.29 bits per heavy atom. The smallest absolute Gasteiger partial charge is 0.191 e. The normalized spacial score (nSPS) is 11.0. The first-order valence-corrected chi connectivity index (χ1v) is 8.53. The lowest BCUT2D eigenvalue weighted by molar-refractivity contribution is 0.185. The minimum Gasteiger partial charge on any atom is -0.380 e. The molecule has 0 fully saturated rings. The maximum atomic E-state index is 5.17. The number of aliphatic imine (C=N–C) groups is 1. The number of nitrogens with one attached hydrogen (secondary N) is 2. The fraction of sp³-hybridized carbons (Fsp3) is 0.412. The molecule has 0 radical (unpaired) electrons. The molecule has 24 heavy (non-hydrogen) atoms. The van der Waals surface area contributed by atoms with E-state index >= 15 is 0 Å². The Morgan fingerprint density at radius 3 is 2.75 bits per heavy atom. The first-order chi connectivity index (χ1) is 11.2. The molecule has 1 heterocycles. The van der Waals surface area contributed by atoms with Gasteiger partial charge in [0, 0.05) is 24.7 Å². The molecule has 1 aromatic carbocycles. The fourth-order valence-corrected chi connectivity index (χ4v) is 2.87. The Morgan fingerprint density at radius 2 is 2.08 bits per heavy atom. The zero-order valence-corrected chi connectivity index (χ0v) is 17.5. The third-order valence-electron chi connectivity index (χ3n) is 3.14. The van der Waals surface area contributed by atoms with Crippen LogP contribution in [-0.2, 0) is 24.4 Å². The van der Waals surface area contributed by atoms with Crippen LogP contribution in [0.4, 0.5) is 0 Å². The van der Waals surface area contributed by atoms with Crippen molar-refractivity contribution in [1.82, 2.24) is 15.6 Å². The molecule has 2 aromatic rings. The van der Waals surface area contributed by atoms with Crippen LogP contribution in [-0.4, -0.2) is 24.6 Å². The number of thiazole rings is 1. The van der Waals surface area contributed by atoms with Crippen LogP contribution in [0.5, 0.6) is 0 Å². The lowest BCUT2D eigenvalue weighted by atomic mass is 10.1. The number of aromatic nitrogens is 1. The zero-order valence-electron chi connectivity index (χ0n) is 14.3. The average molecular weight is 460 g/mol. The molecule has 0 atom stereocenters. The highest BCUT2D eigenvalue weighted by molar-refractivity contribution is 14.0. The molecule has 0 spiro atoms. The van der Waals surface area contributed by atoms with Gasteiger partial charge in [-0.1, -0.05) is 24.3 Å². The van der Waals surface area contributed by atoms with E-state index in [1.165, 1.54) is 10.4 Å². The van der Waals surface area contributed by atoms with E-state index in [9.17, 15) is 0 Å². The van der Waals surface area contributed by atoms with Crippen LogP contribution in [0.3, 0.4) is 0 Å². The number of guanidine groups is 1. The third-order valence-corrected chi connectivity index (χ3v) is 4.06. The van der Waals surface area contributed by atoms with Crippen LogP contribution in [0, 0.1) is 6.92 Å². The molecule has 0 bridgehead atoms. The van der Waals surface area contributed by atoms with E-state index in [0.717, 1.165) is 23.1 Å². The maximum Gasteiger partial charge on any atom is 0.191 e. The number of rotatable bonds is 7. The van der Waals surface area contributed by atoms with E-state index in [1.54, 1.807) is 18.4 Å². The highest BCUT2D eigenvalue weighted by Gasteiger charge is 2.02. The van der Waals surface area contributed by atoms with Crippen LogP contribution >= 0.6 is 35.3 Å². The number of benzene rings is 1. The zero-order chi connectivity index (χ0) is 16.5. The van der Waals surface area contributed by atoms with Gasteiger partial charge in [-0.05, 0) is 25.0 Å². The van der Waals surface area contributed by atoms with Crippen molar-refractivity contribution in [1.29, 1.82) is 0 Å². The molecule has 7 heteroatoms. The Balaban J connectivity index is 0.00000288. The van der Waals surface area contributed by atoms with Crippen LogP contribution in [0.15, 0.2) is 35.5 Å². The van der Waals surface area contributed by atoms with E-state index in [4.69, 9.17) is 4.74 Å². The van der Waals surface area contributed by atoms with Gasteiger partial charge in [0.2, 0.25) is 0 Å². The number of hydrogen-bond acceptors (Lipinski definition) is 4. The van der Waals surface area contributed by atoms with Gasteiger partial charge in [0.15, 0.2) is 5.96 Å². The number of methoxy groups -OCH3 is 1. The molecule has 0 aliphatic heterocycles. The van der Waals surface area contributed by atoms with Gasteiger partial charge < -0.3 is 15.4 Å². The quantitative estimate of drug-likeness (QED) is 0.378. The third kappa shape index (κ3) is 7.14. The molecule has 2 N–H and O–H groups in total. The van der Waals surface area contributed by atoms with E-state index in [-0.39, 0.29) is 24.0 Å². The molecule has 1 aromatic heterocycles. The van der Waals surface area contributed by atoms with Crippen molar-refractivity contribution in [2.45, 2.75) is 33.5 Å². The second-order valence-corrected chi connectivity index (χ2v) is 6.49. The summed E-state index contributed by atoms with van der Waals surface area (Å²) >= 11 is 1.70. The molecular weight excluding hydrogens is 435 g/mol. The number of aryl methyl sites for hydroxylation is 1. The molecule has 5 nitrogen and oxygen atoms in total. The largest absolute Gasteiger partial charge is 0.380 e. The van der Waals surface area contributed by atoms with Crippen LogP contribution in [0.25, 0.3) is 0 Å². The molecule has 0 unspecified atom stereocenters. The summed E-state index contributed by atoms with van der Waals surface area (Å²) in [5.41, 5.74) is 2.33. The summed E-state index contributed by atoms with van der Waals surface area (Å²) in [5.74, 6) is 0.803. The van der Waals surface area contributed by atoms with Crippen molar-refractivity contribution in [2.75, 3.05) is 13.7 Å². The minimum atomic E-state index is 0. The van der Waals surface area contributed by atoms with Gasteiger partial charge in [0.25, 0.3) is 0 Å². The van der Waals surface area contributed by atoms with Gasteiger partial charge in [0.05, 0.1) is 19.7 Å². The fourth-order valence-electron chi connectivity index (χ4n) is 2.14. The maximum absolute atomic E-state index is 5.17. The summed E-state index contributed by atoms with van der Waals surface area (Å²) in [6, 6.07) is 8.31. The van der Waals surface area contributed by atoms with Crippen molar-refractivity contribution in [3.8, 4) is 0 Å². The number of halogens is 1. The van der Waals surface area contributed by atoms with Crippen molar-refractivity contribution < 1.29 is 4.74 Å². The van der Waals surface area contributed by atoms with Crippen LogP contribution in [0.1, 0.15) is 27.9 Å². The molecule has 2 rings (SSSR count). The standard InChI is InChI=1S/C17H24N4OS.HI/c1-4-18-17(21-11-16-19-9-13(2)23-16)20-10-14-6-5-7-15(8-14)12-22-3;/h5-9H,4,10-12H2,1-3H3,(H2,18,20,21);1H. The average Bonchev–Trinajstić information content (AvgIpc) is 2.96. The monoisotopic (exact) mass is 460 g/mol. The Labute approximate surface area is 165 Å². The first kappa shape index (κ1) is 20.9. The van der Waals surface area contributed by atoms with Gasteiger partial charge in [0.1, 0.15) is 5.01 Å². The number of ether oxygens (including phenoxy) is 1. The summed E-state index contributed by atoms with van der Waals surface area (Å²) in [5, 5.41) is 7.65. The molecule has 0 amide bonds. The molecule has 0 aliphatic carbocycles. The highest BCUT2D eigenvalue weighted by atomic mass is 127. The molecule has 0 saturated carbocycles. The topological polar surface area (TPSA) is 58.5 Å². The summed E-state index contributed by atoms with van der Waals surface area (Å²) in [6.45, 7) is 6.89. The van der Waals surface area contributed by atoms with Gasteiger partial charge >= 0.3 is 0 Å². The van der Waals surface area contributed by atoms with E-state index in [1.807, 2.05) is 12.3 Å². The van der Waals surface area contributed by atoms with Gasteiger partial charge in [-0.15, -0.1) is 35.3 Å². The number of hydrogen-bond donors (Lipinski definition) is 2. The minimum absolute atomic E-state index is 0. The predicted octanol–water partition coefficient (Wildman–Crippen LogP) is 3.47. The highest BCUT2D eigenvalue weighted by Crippen LogP contribution is 2.10. The van der Waals surface area contributed by atoms with Crippen molar-refractivity contribution in [3.63, 3.8) is 0 Å². The molecule has 0 aliphatic rings. The first-order valence-electron chi connectivity index (χ1n) is 7.71. The molecule has 132 valence electrons. The second kappa shape index (κ2) is 11.4. The lowest BCUT2D eigenvalue weighted by Crippen LogP contribution is -2.36. The number of nitrogens with zero attached hydrogens (tertiary/aromatic N) is 2. The van der Waals surface area contributed by atoms with E-state index in [2.05, 4.69) is 52.7 Å². The molecular formula is C17H25IN4OS. The van der Waals surface area contributed by atoms with Crippen molar-refractivity contribution in [2.24, 2.45) is 4.99 Å². The lowest BCUT2D eigenvalue weighted by Gasteiger charge is -2.10.